The molecule has 0 saturated carbocycles. The molecule has 2 rings (SSSR count). The van der Waals surface area contributed by atoms with Gasteiger partial charge in [0.2, 0.25) is 5.88 Å². The van der Waals surface area contributed by atoms with Gasteiger partial charge < -0.3 is 15.2 Å². The fourth-order valence-electron chi connectivity index (χ4n) is 1.24. The van der Waals surface area contributed by atoms with Crippen LogP contribution in [0.15, 0.2) is 18.3 Å². The Morgan fingerprint density at radius 3 is 3.08 bits per heavy atom. The van der Waals surface area contributed by atoms with Gasteiger partial charge in [0.05, 0.1) is 25.1 Å². The molecule has 1 aromatic heterocycles. The summed E-state index contributed by atoms with van der Waals surface area (Å²) in [5.74, 6) is 0.615. The van der Waals surface area contributed by atoms with Crippen LogP contribution in [0.1, 0.15) is 6.42 Å². The molecule has 0 amide bonds. The first-order valence-electron chi connectivity index (χ1n) is 4.30. The van der Waals surface area contributed by atoms with Crippen LogP contribution in [-0.4, -0.2) is 24.3 Å². The lowest BCUT2D eigenvalue weighted by atomic mass is 10.3. The Labute approximate surface area is 76.7 Å². The molecule has 1 fully saturated rings. The lowest BCUT2D eigenvalue weighted by molar-refractivity contribution is 0.138. The quantitative estimate of drug-likeness (QED) is 0.732. The van der Waals surface area contributed by atoms with Gasteiger partial charge in [0.1, 0.15) is 6.10 Å². The summed E-state index contributed by atoms with van der Waals surface area (Å²) in [5.41, 5.74) is 6.14. The van der Waals surface area contributed by atoms with Gasteiger partial charge in [0.25, 0.3) is 0 Å². The summed E-state index contributed by atoms with van der Waals surface area (Å²) in [6.07, 6.45) is 2.67. The van der Waals surface area contributed by atoms with Crippen LogP contribution in [0.3, 0.4) is 0 Å². The topological polar surface area (TPSA) is 57.4 Å². The summed E-state index contributed by atoms with van der Waals surface area (Å²) in [4.78, 5) is 4.04. The Balaban J connectivity index is 1.97. The zero-order valence-corrected chi connectivity index (χ0v) is 7.27. The van der Waals surface area contributed by atoms with Crippen molar-refractivity contribution in [2.45, 2.75) is 12.5 Å². The largest absolute Gasteiger partial charge is 0.472 e. The van der Waals surface area contributed by atoms with Crippen molar-refractivity contribution in [1.82, 2.24) is 4.98 Å². The van der Waals surface area contributed by atoms with Crippen molar-refractivity contribution in [2.24, 2.45) is 0 Å². The first kappa shape index (κ1) is 8.31. The smallest absolute Gasteiger partial charge is 0.213 e. The van der Waals surface area contributed by atoms with E-state index in [9.17, 15) is 0 Å². The van der Waals surface area contributed by atoms with Gasteiger partial charge in [-0.3, -0.25) is 0 Å². The minimum absolute atomic E-state index is 0.149. The molecule has 0 aromatic carbocycles. The Morgan fingerprint density at radius 1 is 1.54 bits per heavy atom. The Hall–Kier alpha value is -1.29. The monoisotopic (exact) mass is 180 g/mol. The maximum atomic E-state index is 5.54. The molecular formula is C9H12N2O2. The van der Waals surface area contributed by atoms with E-state index in [1.165, 1.54) is 0 Å². The van der Waals surface area contributed by atoms with Crippen molar-refractivity contribution in [3.8, 4) is 5.88 Å². The van der Waals surface area contributed by atoms with Crippen LogP contribution in [0.2, 0.25) is 0 Å². The van der Waals surface area contributed by atoms with E-state index in [1.807, 2.05) is 0 Å². The molecule has 4 heteroatoms. The van der Waals surface area contributed by atoms with Crippen molar-refractivity contribution < 1.29 is 9.47 Å². The predicted octanol–water partition coefficient (Wildman–Crippen LogP) is 0.832. The van der Waals surface area contributed by atoms with Crippen LogP contribution in [0.25, 0.3) is 0 Å². The van der Waals surface area contributed by atoms with E-state index in [1.54, 1.807) is 18.3 Å². The van der Waals surface area contributed by atoms with Crippen molar-refractivity contribution in [3.63, 3.8) is 0 Å². The fourth-order valence-corrected chi connectivity index (χ4v) is 1.24. The average molecular weight is 180 g/mol. The third kappa shape index (κ3) is 2.09. The highest BCUT2D eigenvalue weighted by molar-refractivity contribution is 5.35. The van der Waals surface area contributed by atoms with Crippen molar-refractivity contribution >= 4 is 5.69 Å². The van der Waals surface area contributed by atoms with Crippen LogP contribution in [-0.2, 0) is 4.74 Å². The third-order valence-corrected chi connectivity index (χ3v) is 1.93. The van der Waals surface area contributed by atoms with E-state index in [4.69, 9.17) is 15.2 Å². The number of nitrogens with zero attached hydrogens (tertiary/aromatic N) is 1. The zero-order valence-electron chi connectivity index (χ0n) is 7.27. The number of hydrogen-bond donors (Lipinski definition) is 1. The third-order valence-electron chi connectivity index (χ3n) is 1.93. The van der Waals surface area contributed by atoms with E-state index < -0.39 is 0 Å². The number of anilines is 1. The van der Waals surface area contributed by atoms with E-state index in [0.717, 1.165) is 13.0 Å². The Kier molecular flexibility index (Phi) is 2.31. The number of hydrogen-bond acceptors (Lipinski definition) is 4. The normalized spacial score (nSPS) is 21.7. The van der Waals surface area contributed by atoms with E-state index in [2.05, 4.69) is 4.98 Å². The molecule has 0 radical (unpaired) electrons. The molecule has 0 unspecified atom stereocenters. The standard InChI is InChI=1S/C9H12N2O2/c10-7-1-2-9(11-5-7)13-8-3-4-12-6-8/h1-2,5,8H,3-4,6,10H2/t8-/m1/s1. The second kappa shape index (κ2) is 3.62. The molecule has 2 heterocycles. The fraction of sp³-hybridized carbons (Fsp3) is 0.444. The maximum absolute atomic E-state index is 5.54. The zero-order chi connectivity index (χ0) is 9.10. The number of nitrogen functional groups attached to an aromatic ring is 1. The molecule has 1 saturated heterocycles. The molecule has 2 N–H and O–H groups in total. The molecule has 70 valence electrons. The van der Waals surface area contributed by atoms with Crippen LogP contribution in [0.5, 0.6) is 5.88 Å². The van der Waals surface area contributed by atoms with Gasteiger partial charge in [0, 0.05) is 12.5 Å². The second-order valence-corrected chi connectivity index (χ2v) is 3.03. The molecular weight excluding hydrogens is 168 g/mol. The first-order chi connectivity index (χ1) is 6.34. The molecule has 1 atom stereocenters. The molecule has 4 nitrogen and oxygen atoms in total. The van der Waals surface area contributed by atoms with Crippen molar-refractivity contribution in [2.75, 3.05) is 18.9 Å². The Morgan fingerprint density at radius 2 is 2.46 bits per heavy atom. The lowest BCUT2D eigenvalue weighted by Gasteiger charge is -2.09. The van der Waals surface area contributed by atoms with E-state index in [-0.39, 0.29) is 6.10 Å². The molecule has 1 aromatic rings. The summed E-state index contributed by atoms with van der Waals surface area (Å²) in [7, 11) is 0. The minimum atomic E-state index is 0.149. The van der Waals surface area contributed by atoms with Gasteiger partial charge in [-0.05, 0) is 6.07 Å². The van der Waals surface area contributed by atoms with Gasteiger partial charge in [-0.25, -0.2) is 4.98 Å². The highest BCUT2D eigenvalue weighted by Gasteiger charge is 2.17. The van der Waals surface area contributed by atoms with E-state index >= 15 is 0 Å². The number of rotatable bonds is 2. The van der Waals surface area contributed by atoms with Gasteiger partial charge in [-0.1, -0.05) is 0 Å². The maximum Gasteiger partial charge on any atom is 0.213 e. The molecule has 1 aliphatic rings. The summed E-state index contributed by atoms with van der Waals surface area (Å²) in [6, 6.07) is 3.55. The second-order valence-electron chi connectivity index (χ2n) is 3.03. The molecule has 1 aliphatic heterocycles. The molecule has 0 aliphatic carbocycles. The highest BCUT2D eigenvalue weighted by atomic mass is 16.5. The average Bonchev–Trinajstić information content (AvgIpc) is 2.62. The van der Waals surface area contributed by atoms with Gasteiger partial charge in [-0.2, -0.15) is 0 Å². The summed E-state index contributed by atoms with van der Waals surface area (Å²) in [5, 5.41) is 0. The molecule has 0 bridgehead atoms. The van der Waals surface area contributed by atoms with Gasteiger partial charge in [0.15, 0.2) is 0 Å². The van der Waals surface area contributed by atoms with Crippen LogP contribution in [0.4, 0.5) is 5.69 Å². The summed E-state index contributed by atoms with van der Waals surface area (Å²) < 4.78 is 10.7. The lowest BCUT2D eigenvalue weighted by Crippen LogP contribution is -2.16. The predicted molar refractivity (Wildman–Crippen MR) is 48.5 cm³/mol. The minimum Gasteiger partial charge on any atom is -0.472 e. The first-order valence-corrected chi connectivity index (χ1v) is 4.30. The number of aromatic nitrogens is 1. The Bertz CT molecular complexity index is 267. The van der Waals surface area contributed by atoms with Gasteiger partial charge >= 0.3 is 0 Å². The van der Waals surface area contributed by atoms with Crippen molar-refractivity contribution in [3.05, 3.63) is 18.3 Å². The number of ether oxygens (including phenoxy) is 2. The van der Waals surface area contributed by atoms with Crippen molar-refractivity contribution in [1.29, 1.82) is 0 Å². The van der Waals surface area contributed by atoms with Crippen LogP contribution < -0.4 is 10.5 Å². The number of nitrogens with two attached hydrogens (primary N) is 1. The number of pyridine rings is 1. The molecule has 13 heavy (non-hydrogen) atoms. The molecule has 0 spiro atoms. The van der Waals surface area contributed by atoms with Crippen LogP contribution in [0, 0.1) is 0 Å². The van der Waals surface area contributed by atoms with E-state index in [0.29, 0.717) is 18.2 Å². The summed E-state index contributed by atoms with van der Waals surface area (Å²) >= 11 is 0. The highest BCUT2D eigenvalue weighted by Crippen LogP contribution is 2.14. The van der Waals surface area contributed by atoms with Gasteiger partial charge in [-0.15, -0.1) is 0 Å². The van der Waals surface area contributed by atoms with Crippen LogP contribution >= 0.6 is 0 Å². The summed E-state index contributed by atoms with van der Waals surface area (Å²) in [6.45, 7) is 1.44. The SMILES string of the molecule is Nc1ccc(O[C@@H]2CCOC2)nc1.